The van der Waals surface area contributed by atoms with Gasteiger partial charge in [-0.2, -0.15) is 0 Å². The first-order valence-corrected chi connectivity index (χ1v) is 5.14. The lowest BCUT2D eigenvalue weighted by Gasteiger charge is -2.14. The van der Waals surface area contributed by atoms with Crippen molar-refractivity contribution in [3.05, 3.63) is 29.8 Å². The number of Topliss-reactive ketones (excluding diaryl/α,β-unsaturated/α-hetero) is 1. The molecule has 0 aliphatic carbocycles. The fourth-order valence-corrected chi connectivity index (χ4v) is 1.34. The third-order valence-electron chi connectivity index (χ3n) is 2.26. The third kappa shape index (κ3) is 3.88. The number of hydrogen-bond acceptors (Lipinski definition) is 4. The first kappa shape index (κ1) is 13.2. The van der Waals surface area contributed by atoms with E-state index in [4.69, 9.17) is 9.84 Å². The minimum Gasteiger partial charge on any atom is -0.480 e. The average molecular weight is 237 g/mol. The molecule has 2 N–H and O–H groups in total. The molecule has 0 aliphatic rings. The molecule has 0 saturated heterocycles. The van der Waals surface area contributed by atoms with Gasteiger partial charge in [-0.15, -0.1) is 0 Å². The Morgan fingerprint density at radius 2 is 1.94 bits per heavy atom. The lowest BCUT2D eigenvalue weighted by molar-refractivity contribution is -0.139. The van der Waals surface area contributed by atoms with Crippen LogP contribution in [0.4, 0.5) is 5.69 Å². The molecule has 0 fully saturated rings. The maximum Gasteiger partial charge on any atom is 0.328 e. The van der Waals surface area contributed by atoms with Gasteiger partial charge in [-0.3, -0.25) is 4.79 Å². The van der Waals surface area contributed by atoms with Crippen LogP contribution in [0.3, 0.4) is 0 Å². The zero-order valence-electron chi connectivity index (χ0n) is 9.77. The molecule has 0 heterocycles. The van der Waals surface area contributed by atoms with Crippen molar-refractivity contribution in [3.63, 3.8) is 0 Å². The smallest absolute Gasteiger partial charge is 0.328 e. The number of carboxylic acid groups (broad SMARTS) is 1. The fourth-order valence-electron chi connectivity index (χ4n) is 1.34. The number of carbonyl (C=O) groups excluding carboxylic acids is 1. The van der Waals surface area contributed by atoms with Gasteiger partial charge in [0.25, 0.3) is 0 Å². The normalized spacial score (nSPS) is 11.9. The van der Waals surface area contributed by atoms with Crippen LogP contribution in [0.2, 0.25) is 0 Å². The Kier molecular flexibility index (Phi) is 4.66. The topological polar surface area (TPSA) is 75.6 Å². The number of nitrogens with one attached hydrogen (secondary N) is 1. The largest absolute Gasteiger partial charge is 0.480 e. The number of carbonyl (C=O) groups is 2. The first-order chi connectivity index (χ1) is 8.04. The molecule has 17 heavy (non-hydrogen) atoms. The van der Waals surface area contributed by atoms with Crippen LogP contribution in [0.5, 0.6) is 0 Å². The van der Waals surface area contributed by atoms with Gasteiger partial charge in [-0.1, -0.05) is 0 Å². The molecular formula is C12H15NO4. The van der Waals surface area contributed by atoms with Crippen molar-refractivity contribution in [1.29, 1.82) is 0 Å². The maximum absolute atomic E-state index is 11.1. The number of ether oxygens (including phenoxy) is 1. The molecule has 0 aliphatic heterocycles. The van der Waals surface area contributed by atoms with Gasteiger partial charge >= 0.3 is 5.97 Å². The van der Waals surface area contributed by atoms with E-state index in [-0.39, 0.29) is 12.4 Å². The number of carboxylic acids is 1. The minimum absolute atomic E-state index is 0.0248. The number of ketones is 1. The summed E-state index contributed by atoms with van der Waals surface area (Å²) in [6.45, 7) is 1.55. The quantitative estimate of drug-likeness (QED) is 0.731. The molecular weight excluding hydrogens is 222 g/mol. The standard InChI is InChI=1S/C12H15NO4/c1-8(14)9-3-5-10(6-4-9)13-11(7-17-2)12(15)16/h3-6,11,13H,7H2,1-2H3,(H,15,16). The molecule has 1 unspecified atom stereocenters. The maximum atomic E-state index is 11.1. The van der Waals surface area contributed by atoms with Gasteiger partial charge in [0, 0.05) is 18.4 Å². The van der Waals surface area contributed by atoms with E-state index in [9.17, 15) is 9.59 Å². The summed E-state index contributed by atoms with van der Waals surface area (Å²) in [5.41, 5.74) is 1.23. The highest BCUT2D eigenvalue weighted by Crippen LogP contribution is 2.11. The van der Waals surface area contributed by atoms with Gasteiger partial charge in [0.2, 0.25) is 0 Å². The molecule has 0 radical (unpaired) electrons. The van der Waals surface area contributed by atoms with E-state index in [2.05, 4.69) is 5.32 Å². The lowest BCUT2D eigenvalue weighted by atomic mass is 10.1. The molecule has 0 spiro atoms. The lowest BCUT2D eigenvalue weighted by Crippen LogP contribution is -2.33. The van der Waals surface area contributed by atoms with Crippen LogP contribution in [0.25, 0.3) is 0 Å². The van der Waals surface area contributed by atoms with Gasteiger partial charge in [-0.25, -0.2) is 4.79 Å². The highest BCUT2D eigenvalue weighted by atomic mass is 16.5. The Hall–Kier alpha value is -1.88. The Morgan fingerprint density at radius 1 is 1.35 bits per heavy atom. The molecule has 0 saturated carbocycles. The van der Waals surface area contributed by atoms with Crippen LogP contribution in [0, 0.1) is 0 Å². The molecule has 1 rings (SSSR count). The van der Waals surface area contributed by atoms with E-state index in [1.807, 2.05) is 0 Å². The Balaban J connectivity index is 2.73. The molecule has 1 atom stereocenters. The van der Waals surface area contributed by atoms with E-state index in [0.29, 0.717) is 11.3 Å². The summed E-state index contributed by atoms with van der Waals surface area (Å²) in [7, 11) is 1.44. The van der Waals surface area contributed by atoms with Crippen molar-refractivity contribution in [3.8, 4) is 0 Å². The van der Waals surface area contributed by atoms with Crippen LogP contribution in [0.1, 0.15) is 17.3 Å². The predicted octanol–water partition coefficient (Wildman–Crippen LogP) is 1.40. The highest BCUT2D eigenvalue weighted by Gasteiger charge is 2.16. The van der Waals surface area contributed by atoms with Gasteiger partial charge in [0.15, 0.2) is 5.78 Å². The van der Waals surface area contributed by atoms with E-state index < -0.39 is 12.0 Å². The summed E-state index contributed by atoms with van der Waals surface area (Å²) in [4.78, 5) is 21.9. The molecule has 0 aromatic heterocycles. The van der Waals surface area contributed by atoms with Gasteiger partial charge in [-0.05, 0) is 31.2 Å². The zero-order valence-corrected chi connectivity index (χ0v) is 9.77. The second kappa shape index (κ2) is 6.00. The van der Waals surface area contributed by atoms with E-state index >= 15 is 0 Å². The summed E-state index contributed by atoms with van der Waals surface area (Å²) >= 11 is 0. The van der Waals surface area contributed by atoms with Crippen molar-refractivity contribution in [2.45, 2.75) is 13.0 Å². The average Bonchev–Trinajstić information content (AvgIpc) is 2.29. The zero-order chi connectivity index (χ0) is 12.8. The number of aliphatic carboxylic acids is 1. The number of hydrogen-bond donors (Lipinski definition) is 2. The third-order valence-corrected chi connectivity index (χ3v) is 2.26. The van der Waals surface area contributed by atoms with E-state index in [0.717, 1.165) is 0 Å². The molecule has 92 valence electrons. The monoisotopic (exact) mass is 237 g/mol. The van der Waals surface area contributed by atoms with Gasteiger partial charge < -0.3 is 15.2 Å². The molecule has 1 aromatic rings. The summed E-state index contributed by atoms with van der Waals surface area (Å²) in [6.07, 6.45) is 0. The van der Waals surface area contributed by atoms with Crippen LogP contribution in [0.15, 0.2) is 24.3 Å². The van der Waals surface area contributed by atoms with Crippen molar-refractivity contribution in [1.82, 2.24) is 0 Å². The Labute approximate surface area is 99.4 Å². The van der Waals surface area contributed by atoms with Crippen molar-refractivity contribution < 1.29 is 19.4 Å². The molecule has 0 amide bonds. The molecule has 5 nitrogen and oxygen atoms in total. The van der Waals surface area contributed by atoms with Gasteiger partial charge in [0.05, 0.1) is 6.61 Å². The van der Waals surface area contributed by atoms with Crippen LogP contribution >= 0.6 is 0 Å². The highest BCUT2D eigenvalue weighted by molar-refractivity contribution is 5.94. The summed E-state index contributed by atoms with van der Waals surface area (Å²) in [5, 5.41) is 11.7. The fraction of sp³-hybridized carbons (Fsp3) is 0.333. The van der Waals surface area contributed by atoms with Crippen LogP contribution in [-0.2, 0) is 9.53 Å². The second-order valence-electron chi connectivity index (χ2n) is 3.62. The second-order valence-corrected chi connectivity index (χ2v) is 3.62. The summed E-state index contributed by atoms with van der Waals surface area (Å²) in [6, 6.07) is 5.83. The van der Waals surface area contributed by atoms with Crippen molar-refractivity contribution >= 4 is 17.4 Å². The number of rotatable bonds is 6. The first-order valence-electron chi connectivity index (χ1n) is 5.14. The Bertz CT molecular complexity index is 399. The number of benzene rings is 1. The number of methoxy groups -OCH3 is 1. The molecule has 0 bridgehead atoms. The Morgan fingerprint density at radius 3 is 2.35 bits per heavy atom. The summed E-state index contributed by atoms with van der Waals surface area (Å²) in [5.74, 6) is -1.01. The minimum atomic E-state index is -0.984. The van der Waals surface area contributed by atoms with E-state index in [1.54, 1.807) is 24.3 Å². The van der Waals surface area contributed by atoms with Gasteiger partial charge in [0.1, 0.15) is 6.04 Å². The van der Waals surface area contributed by atoms with Crippen molar-refractivity contribution in [2.24, 2.45) is 0 Å². The van der Waals surface area contributed by atoms with Crippen LogP contribution < -0.4 is 5.32 Å². The SMILES string of the molecule is COCC(Nc1ccc(C(C)=O)cc1)C(=O)O. The van der Waals surface area contributed by atoms with E-state index in [1.165, 1.54) is 14.0 Å². The molecule has 5 heteroatoms. The van der Waals surface area contributed by atoms with Crippen LogP contribution in [-0.4, -0.2) is 36.6 Å². The molecule has 1 aromatic carbocycles. The predicted molar refractivity (Wildman–Crippen MR) is 63.4 cm³/mol. The van der Waals surface area contributed by atoms with Crippen molar-refractivity contribution in [2.75, 3.05) is 19.0 Å². The summed E-state index contributed by atoms with van der Waals surface area (Å²) < 4.78 is 4.80. The number of anilines is 1.